The minimum absolute atomic E-state index is 0.837. The highest BCUT2D eigenvalue weighted by Crippen LogP contribution is 2.44. The molecule has 11 aromatic rings. The summed E-state index contributed by atoms with van der Waals surface area (Å²) in [6, 6.07) is 79.6. The number of hydrogen-bond donors (Lipinski definition) is 0. The van der Waals surface area contributed by atoms with Crippen LogP contribution in [-0.2, 0) is 0 Å². The van der Waals surface area contributed by atoms with Crippen molar-refractivity contribution in [1.82, 2.24) is 4.98 Å². The van der Waals surface area contributed by atoms with Crippen LogP contribution in [0.25, 0.3) is 88.6 Å². The topological polar surface area (TPSA) is 29.3 Å². The molecule has 2 heterocycles. The molecule has 9 aromatic carbocycles. The van der Waals surface area contributed by atoms with Crippen molar-refractivity contribution in [3.8, 4) is 55.8 Å². The van der Waals surface area contributed by atoms with Crippen molar-refractivity contribution in [3.63, 3.8) is 0 Å². The molecule has 288 valence electrons. The van der Waals surface area contributed by atoms with E-state index in [0.717, 1.165) is 83.4 Å². The number of furan rings is 1. The van der Waals surface area contributed by atoms with Crippen molar-refractivity contribution < 1.29 is 4.42 Å². The van der Waals surface area contributed by atoms with Crippen LogP contribution in [0, 0.1) is 6.92 Å². The molecule has 0 bridgehead atoms. The zero-order chi connectivity index (χ0) is 40.7. The Bertz CT molecular complexity index is 3280. The van der Waals surface area contributed by atoms with E-state index >= 15 is 0 Å². The van der Waals surface area contributed by atoms with Gasteiger partial charge >= 0.3 is 0 Å². The van der Waals surface area contributed by atoms with Crippen molar-refractivity contribution in [1.29, 1.82) is 0 Å². The first-order valence-electron chi connectivity index (χ1n) is 20.8. The number of fused-ring (bicyclic) bond motifs is 4. The van der Waals surface area contributed by atoms with E-state index in [4.69, 9.17) is 9.40 Å². The van der Waals surface area contributed by atoms with Crippen LogP contribution in [0.5, 0.6) is 0 Å². The van der Waals surface area contributed by atoms with Crippen molar-refractivity contribution in [2.45, 2.75) is 6.92 Å². The summed E-state index contributed by atoms with van der Waals surface area (Å²) < 4.78 is 6.73. The summed E-state index contributed by atoms with van der Waals surface area (Å²) in [6.07, 6.45) is 0. The smallest absolute Gasteiger partial charge is 0.137 e. The van der Waals surface area contributed by atoms with Crippen molar-refractivity contribution in [3.05, 3.63) is 230 Å². The molecular weight excluding hydrogens is 741 g/mol. The van der Waals surface area contributed by atoms with Gasteiger partial charge in [-0.05, 0) is 112 Å². The van der Waals surface area contributed by atoms with Gasteiger partial charge in [-0.1, -0.05) is 164 Å². The number of pyridine rings is 1. The van der Waals surface area contributed by atoms with Gasteiger partial charge in [-0.2, -0.15) is 0 Å². The van der Waals surface area contributed by atoms with Crippen LogP contribution >= 0.6 is 0 Å². The van der Waals surface area contributed by atoms with Gasteiger partial charge in [0.25, 0.3) is 0 Å². The normalized spacial score (nSPS) is 11.4. The predicted molar refractivity (Wildman–Crippen MR) is 256 cm³/mol. The lowest BCUT2D eigenvalue weighted by molar-refractivity contribution is 0.669. The Morgan fingerprint density at radius 1 is 0.377 bits per heavy atom. The van der Waals surface area contributed by atoms with Gasteiger partial charge in [0.1, 0.15) is 11.2 Å². The minimum Gasteiger partial charge on any atom is -0.456 e. The number of anilines is 3. The third-order valence-corrected chi connectivity index (χ3v) is 11.8. The number of aromatic nitrogens is 1. The summed E-state index contributed by atoms with van der Waals surface area (Å²) in [5, 5.41) is 3.35. The largest absolute Gasteiger partial charge is 0.456 e. The van der Waals surface area contributed by atoms with Gasteiger partial charge in [0, 0.05) is 44.9 Å². The first-order valence-corrected chi connectivity index (χ1v) is 20.8. The Labute approximate surface area is 355 Å². The average molecular weight is 781 g/mol. The van der Waals surface area contributed by atoms with Crippen LogP contribution < -0.4 is 4.90 Å². The quantitative estimate of drug-likeness (QED) is 0.154. The van der Waals surface area contributed by atoms with Gasteiger partial charge < -0.3 is 9.32 Å². The summed E-state index contributed by atoms with van der Waals surface area (Å²) in [5.74, 6) is 0. The lowest BCUT2D eigenvalue weighted by Gasteiger charge is -2.27. The standard InChI is InChI=1S/C58H40N2O/c1-39-56(43-21-10-4-11-22-43)51-25-14-15-27-53(51)59-58(39)44-31-29-42(30-32-44)50-26-16-28-54-57(50)52-34-33-48(38-55(52)61-54)60(47-23-12-5-13-24-47)49-36-45(40-17-6-2-7-18-40)35-46(37-49)41-19-8-3-9-20-41/h2-38H,1H3. The fourth-order valence-corrected chi connectivity index (χ4v) is 8.93. The second-order valence-corrected chi connectivity index (χ2v) is 15.6. The highest BCUT2D eigenvalue weighted by Gasteiger charge is 2.20. The lowest BCUT2D eigenvalue weighted by atomic mass is 9.92. The maximum atomic E-state index is 6.73. The molecule has 0 saturated heterocycles. The first-order chi connectivity index (χ1) is 30.2. The molecule has 0 aliphatic carbocycles. The van der Waals surface area contributed by atoms with E-state index in [1.807, 2.05) is 0 Å². The van der Waals surface area contributed by atoms with Gasteiger partial charge in [0.15, 0.2) is 0 Å². The molecule has 0 unspecified atom stereocenters. The van der Waals surface area contributed by atoms with Gasteiger partial charge in [-0.3, -0.25) is 0 Å². The van der Waals surface area contributed by atoms with Crippen LogP contribution in [0.4, 0.5) is 17.1 Å². The Balaban J connectivity index is 1.01. The zero-order valence-electron chi connectivity index (χ0n) is 33.7. The van der Waals surface area contributed by atoms with E-state index in [0.29, 0.717) is 0 Å². The molecule has 61 heavy (non-hydrogen) atoms. The first kappa shape index (κ1) is 36.1. The van der Waals surface area contributed by atoms with E-state index < -0.39 is 0 Å². The molecule has 2 aromatic heterocycles. The van der Waals surface area contributed by atoms with Crippen molar-refractivity contribution >= 4 is 49.9 Å². The van der Waals surface area contributed by atoms with Crippen LogP contribution in [0.2, 0.25) is 0 Å². The van der Waals surface area contributed by atoms with Crippen LogP contribution in [0.15, 0.2) is 229 Å². The van der Waals surface area contributed by atoms with E-state index in [9.17, 15) is 0 Å². The number of nitrogens with zero attached hydrogens (tertiary/aromatic N) is 2. The lowest BCUT2D eigenvalue weighted by Crippen LogP contribution is -2.10. The Hall–Kier alpha value is -8.01. The minimum atomic E-state index is 0.837. The number of benzene rings is 9. The molecule has 0 saturated carbocycles. The zero-order valence-corrected chi connectivity index (χ0v) is 33.7. The van der Waals surface area contributed by atoms with E-state index in [2.05, 4.69) is 236 Å². The van der Waals surface area contributed by atoms with Crippen molar-refractivity contribution in [2.24, 2.45) is 0 Å². The predicted octanol–water partition coefficient (Wildman–Crippen LogP) is 16.2. The number of para-hydroxylation sites is 2. The molecule has 0 atom stereocenters. The fraction of sp³-hybridized carbons (Fsp3) is 0.0172. The third kappa shape index (κ3) is 6.63. The number of hydrogen-bond acceptors (Lipinski definition) is 3. The molecule has 0 amide bonds. The maximum Gasteiger partial charge on any atom is 0.137 e. The number of rotatable bonds is 8. The van der Waals surface area contributed by atoms with Crippen LogP contribution in [-0.4, -0.2) is 4.98 Å². The van der Waals surface area contributed by atoms with Crippen molar-refractivity contribution in [2.75, 3.05) is 4.90 Å². The Morgan fingerprint density at radius 3 is 1.64 bits per heavy atom. The molecule has 3 nitrogen and oxygen atoms in total. The Morgan fingerprint density at radius 2 is 0.967 bits per heavy atom. The fourth-order valence-electron chi connectivity index (χ4n) is 8.93. The second kappa shape index (κ2) is 15.3. The molecule has 3 heteroatoms. The highest BCUT2D eigenvalue weighted by molar-refractivity contribution is 6.13. The maximum absolute atomic E-state index is 6.73. The second-order valence-electron chi connectivity index (χ2n) is 15.6. The summed E-state index contributed by atoms with van der Waals surface area (Å²) in [7, 11) is 0. The van der Waals surface area contributed by atoms with Crippen LogP contribution in [0.1, 0.15) is 5.56 Å². The molecule has 0 aliphatic rings. The van der Waals surface area contributed by atoms with Gasteiger partial charge in [0.2, 0.25) is 0 Å². The summed E-state index contributed by atoms with van der Waals surface area (Å²) >= 11 is 0. The summed E-state index contributed by atoms with van der Waals surface area (Å²) in [4.78, 5) is 7.53. The molecule has 11 rings (SSSR count). The van der Waals surface area contributed by atoms with E-state index in [1.54, 1.807) is 0 Å². The molecule has 0 spiro atoms. The molecule has 0 radical (unpaired) electrons. The summed E-state index contributed by atoms with van der Waals surface area (Å²) in [6.45, 7) is 2.19. The molecule has 0 aliphatic heterocycles. The van der Waals surface area contributed by atoms with E-state index in [-0.39, 0.29) is 0 Å². The molecule has 0 N–H and O–H groups in total. The third-order valence-electron chi connectivity index (χ3n) is 11.8. The SMILES string of the molecule is Cc1c(-c2ccc(-c3cccc4oc5cc(N(c6ccccc6)c6cc(-c7ccccc7)cc(-c7ccccc7)c6)ccc5c34)cc2)nc2ccccc2c1-c1ccccc1. The molecular formula is C58H40N2O. The highest BCUT2D eigenvalue weighted by atomic mass is 16.3. The average Bonchev–Trinajstić information content (AvgIpc) is 3.71. The van der Waals surface area contributed by atoms with Gasteiger partial charge in [-0.15, -0.1) is 0 Å². The summed E-state index contributed by atoms with van der Waals surface area (Å²) in [5.41, 5.74) is 18.4. The van der Waals surface area contributed by atoms with Crippen LogP contribution in [0.3, 0.4) is 0 Å². The monoisotopic (exact) mass is 780 g/mol. The Kier molecular flexibility index (Phi) is 9.05. The molecule has 0 fully saturated rings. The van der Waals surface area contributed by atoms with Gasteiger partial charge in [-0.25, -0.2) is 4.98 Å². The van der Waals surface area contributed by atoms with E-state index in [1.165, 1.54) is 27.8 Å². The van der Waals surface area contributed by atoms with Gasteiger partial charge in [0.05, 0.1) is 11.2 Å².